The molecule has 0 aromatic carbocycles. The van der Waals surface area contributed by atoms with Crippen LogP contribution in [0.15, 0.2) is 0 Å². The molecule has 3 N–H and O–H groups in total. The Bertz CT molecular complexity index is 181. The summed E-state index contributed by atoms with van der Waals surface area (Å²) < 4.78 is 0. The van der Waals surface area contributed by atoms with Crippen molar-refractivity contribution in [1.82, 2.24) is 5.32 Å². The summed E-state index contributed by atoms with van der Waals surface area (Å²) in [5.74, 6) is 0.742. The predicted octanol–water partition coefficient (Wildman–Crippen LogP) is 2.45. The highest BCUT2D eigenvalue weighted by Crippen LogP contribution is 2.03. The molecule has 0 aliphatic carbocycles. The van der Waals surface area contributed by atoms with E-state index in [1.54, 1.807) is 0 Å². The van der Waals surface area contributed by atoms with E-state index < -0.39 is 0 Å². The molecule has 0 aliphatic rings. The van der Waals surface area contributed by atoms with E-state index in [0.29, 0.717) is 18.9 Å². The van der Waals surface area contributed by atoms with E-state index in [1.165, 1.54) is 12.8 Å². The van der Waals surface area contributed by atoms with Gasteiger partial charge < -0.3 is 11.1 Å². The Morgan fingerprint density at radius 2 is 1.94 bits per heavy atom. The first-order chi connectivity index (χ1) is 7.56. The lowest BCUT2D eigenvalue weighted by Gasteiger charge is -2.14. The maximum absolute atomic E-state index is 11.4. The number of rotatable bonds is 9. The zero-order chi connectivity index (χ0) is 12.4. The molecule has 0 heterocycles. The molecule has 3 nitrogen and oxygen atoms in total. The maximum Gasteiger partial charge on any atom is 0.220 e. The SMILES string of the molecule is CCCCCCC(=O)NCC(N)CC(C)C. The van der Waals surface area contributed by atoms with Crippen molar-refractivity contribution in [2.45, 2.75) is 65.3 Å². The molecule has 0 radical (unpaired) electrons. The van der Waals surface area contributed by atoms with Crippen molar-refractivity contribution in [2.75, 3.05) is 6.54 Å². The number of amides is 1. The number of carbonyl (C=O) groups is 1. The lowest BCUT2D eigenvalue weighted by Crippen LogP contribution is -2.37. The summed E-state index contributed by atoms with van der Waals surface area (Å²) in [7, 11) is 0. The van der Waals surface area contributed by atoms with E-state index in [-0.39, 0.29) is 11.9 Å². The van der Waals surface area contributed by atoms with Gasteiger partial charge in [-0.25, -0.2) is 0 Å². The van der Waals surface area contributed by atoms with Gasteiger partial charge in [0.05, 0.1) is 0 Å². The molecule has 16 heavy (non-hydrogen) atoms. The van der Waals surface area contributed by atoms with E-state index in [9.17, 15) is 4.79 Å². The minimum absolute atomic E-state index is 0.0968. The van der Waals surface area contributed by atoms with Crippen molar-refractivity contribution >= 4 is 5.91 Å². The van der Waals surface area contributed by atoms with Gasteiger partial charge in [-0.2, -0.15) is 0 Å². The molecule has 0 fully saturated rings. The number of carbonyl (C=O) groups excluding carboxylic acids is 1. The molecule has 0 bridgehead atoms. The summed E-state index contributed by atoms with van der Waals surface area (Å²) in [6.45, 7) is 7.08. The maximum atomic E-state index is 11.4. The quantitative estimate of drug-likeness (QED) is 0.596. The van der Waals surface area contributed by atoms with Gasteiger partial charge in [-0.3, -0.25) is 4.79 Å². The van der Waals surface area contributed by atoms with Gasteiger partial charge in [-0.15, -0.1) is 0 Å². The van der Waals surface area contributed by atoms with Gasteiger partial charge in [0, 0.05) is 19.0 Å². The van der Waals surface area contributed by atoms with Crippen LogP contribution >= 0.6 is 0 Å². The first-order valence-corrected chi connectivity index (χ1v) is 6.58. The van der Waals surface area contributed by atoms with E-state index >= 15 is 0 Å². The highest BCUT2D eigenvalue weighted by Gasteiger charge is 2.07. The third-order valence-electron chi connectivity index (χ3n) is 2.59. The summed E-state index contributed by atoms with van der Waals surface area (Å²) >= 11 is 0. The fourth-order valence-corrected chi connectivity index (χ4v) is 1.73. The molecule has 0 saturated carbocycles. The second-order valence-corrected chi connectivity index (χ2v) is 5.00. The monoisotopic (exact) mass is 228 g/mol. The van der Waals surface area contributed by atoms with Crippen LogP contribution in [0, 0.1) is 5.92 Å². The molecule has 1 unspecified atom stereocenters. The Morgan fingerprint density at radius 3 is 2.50 bits per heavy atom. The number of hydrogen-bond acceptors (Lipinski definition) is 2. The van der Waals surface area contributed by atoms with Crippen LogP contribution in [0.25, 0.3) is 0 Å². The average molecular weight is 228 g/mol. The van der Waals surface area contributed by atoms with Crippen molar-refractivity contribution in [3.05, 3.63) is 0 Å². The molecular weight excluding hydrogens is 200 g/mol. The van der Waals surface area contributed by atoms with Crippen LogP contribution in [-0.4, -0.2) is 18.5 Å². The molecule has 0 aromatic heterocycles. The highest BCUT2D eigenvalue weighted by molar-refractivity contribution is 5.75. The van der Waals surface area contributed by atoms with E-state index in [4.69, 9.17) is 5.73 Å². The van der Waals surface area contributed by atoms with Crippen LogP contribution in [0.5, 0.6) is 0 Å². The first-order valence-electron chi connectivity index (χ1n) is 6.58. The van der Waals surface area contributed by atoms with Crippen LogP contribution in [-0.2, 0) is 4.79 Å². The van der Waals surface area contributed by atoms with Gasteiger partial charge in [0.15, 0.2) is 0 Å². The number of hydrogen-bond donors (Lipinski definition) is 2. The summed E-state index contributed by atoms with van der Waals surface area (Å²) in [6.07, 6.45) is 6.20. The van der Waals surface area contributed by atoms with Crippen molar-refractivity contribution in [3.63, 3.8) is 0 Å². The van der Waals surface area contributed by atoms with E-state index in [1.807, 2.05) is 0 Å². The Hall–Kier alpha value is -0.570. The molecule has 0 aliphatic heterocycles. The average Bonchev–Trinajstić information content (AvgIpc) is 2.20. The fourth-order valence-electron chi connectivity index (χ4n) is 1.73. The fraction of sp³-hybridized carbons (Fsp3) is 0.923. The van der Waals surface area contributed by atoms with Crippen molar-refractivity contribution in [3.8, 4) is 0 Å². The van der Waals surface area contributed by atoms with E-state index in [0.717, 1.165) is 19.3 Å². The van der Waals surface area contributed by atoms with Gasteiger partial charge >= 0.3 is 0 Å². The minimum Gasteiger partial charge on any atom is -0.355 e. The molecule has 0 rings (SSSR count). The Labute approximate surface area is 100 Å². The lowest BCUT2D eigenvalue weighted by atomic mass is 10.0. The van der Waals surface area contributed by atoms with Crippen LogP contribution in [0.1, 0.15) is 59.3 Å². The lowest BCUT2D eigenvalue weighted by molar-refractivity contribution is -0.121. The van der Waals surface area contributed by atoms with Crippen molar-refractivity contribution in [1.29, 1.82) is 0 Å². The predicted molar refractivity (Wildman–Crippen MR) is 69.2 cm³/mol. The minimum atomic E-state index is 0.0968. The Morgan fingerprint density at radius 1 is 1.25 bits per heavy atom. The summed E-state index contributed by atoms with van der Waals surface area (Å²) in [6, 6.07) is 0.0968. The van der Waals surface area contributed by atoms with Gasteiger partial charge in [-0.1, -0.05) is 40.0 Å². The summed E-state index contributed by atoms with van der Waals surface area (Å²) in [5, 5.41) is 2.90. The number of nitrogens with two attached hydrogens (primary N) is 1. The third-order valence-corrected chi connectivity index (χ3v) is 2.59. The zero-order valence-corrected chi connectivity index (χ0v) is 11.1. The zero-order valence-electron chi connectivity index (χ0n) is 11.1. The number of unbranched alkanes of at least 4 members (excludes halogenated alkanes) is 3. The van der Waals surface area contributed by atoms with Crippen molar-refractivity contribution < 1.29 is 4.79 Å². The van der Waals surface area contributed by atoms with Crippen LogP contribution in [0.4, 0.5) is 0 Å². The molecule has 0 spiro atoms. The van der Waals surface area contributed by atoms with Gasteiger partial charge in [0.1, 0.15) is 0 Å². The topological polar surface area (TPSA) is 55.1 Å². The Balaban J connectivity index is 3.42. The molecule has 3 heteroatoms. The highest BCUT2D eigenvalue weighted by atomic mass is 16.1. The summed E-state index contributed by atoms with van der Waals surface area (Å²) in [4.78, 5) is 11.4. The molecule has 1 amide bonds. The van der Waals surface area contributed by atoms with Crippen molar-refractivity contribution in [2.24, 2.45) is 11.7 Å². The second kappa shape index (κ2) is 9.64. The third kappa shape index (κ3) is 9.97. The smallest absolute Gasteiger partial charge is 0.220 e. The molecular formula is C13H28N2O. The van der Waals surface area contributed by atoms with Crippen LogP contribution in [0.3, 0.4) is 0 Å². The number of nitrogens with one attached hydrogen (secondary N) is 1. The van der Waals surface area contributed by atoms with E-state index in [2.05, 4.69) is 26.1 Å². The van der Waals surface area contributed by atoms with Gasteiger partial charge in [-0.05, 0) is 18.8 Å². The van der Waals surface area contributed by atoms with Gasteiger partial charge in [0.2, 0.25) is 5.91 Å². The standard InChI is InChI=1S/C13H28N2O/c1-4-5-6-7-8-13(16)15-10-12(14)9-11(2)3/h11-12H,4-10,14H2,1-3H3,(H,15,16). The van der Waals surface area contributed by atoms with Gasteiger partial charge in [0.25, 0.3) is 0 Å². The van der Waals surface area contributed by atoms with Crippen LogP contribution < -0.4 is 11.1 Å². The molecule has 96 valence electrons. The molecule has 0 saturated heterocycles. The normalized spacial score (nSPS) is 12.8. The largest absolute Gasteiger partial charge is 0.355 e. The Kier molecular flexibility index (Phi) is 9.30. The summed E-state index contributed by atoms with van der Waals surface area (Å²) in [5.41, 5.74) is 5.88. The second-order valence-electron chi connectivity index (χ2n) is 5.00. The molecule has 0 aromatic rings. The first kappa shape index (κ1) is 15.4. The van der Waals surface area contributed by atoms with Crippen LogP contribution in [0.2, 0.25) is 0 Å². The molecule has 1 atom stereocenters.